The number of carbonyl (C=O) groups is 1. The fourth-order valence-electron chi connectivity index (χ4n) is 2.18. The van der Waals surface area contributed by atoms with Gasteiger partial charge in [-0.2, -0.15) is 0 Å². The molecule has 0 atom stereocenters. The van der Waals surface area contributed by atoms with Gasteiger partial charge in [-0.05, 0) is 42.5 Å². The second kappa shape index (κ2) is 7.17. The Hall–Kier alpha value is -2.50. The average molecular weight is 376 g/mol. The summed E-state index contributed by atoms with van der Waals surface area (Å²) < 4.78 is 5.37. The summed E-state index contributed by atoms with van der Waals surface area (Å²) >= 11 is 11.9. The Morgan fingerprint density at radius 2 is 1.80 bits per heavy atom. The van der Waals surface area contributed by atoms with E-state index in [9.17, 15) is 4.79 Å². The normalized spacial score (nSPS) is 10.6. The van der Waals surface area contributed by atoms with Crippen LogP contribution in [0.1, 0.15) is 10.5 Å². The molecule has 0 saturated heterocycles. The molecule has 7 heteroatoms. The van der Waals surface area contributed by atoms with Crippen LogP contribution in [0.4, 0.5) is 11.4 Å². The van der Waals surface area contributed by atoms with Crippen molar-refractivity contribution in [2.75, 3.05) is 24.3 Å². The van der Waals surface area contributed by atoms with Crippen LogP contribution in [-0.4, -0.2) is 25.0 Å². The molecule has 0 aliphatic rings. The van der Waals surface area contributed by atoms with Crippen molar-refractivity contribution in [3.8, 4) is 11.5 Å². The van der Waals surface area contributed by atoms with Gasteiger partial charge < -0.3 is 14.6 Å². The molecule has 1 N–H and O–H groups in total. The third-order valence-corrected chi connectivity index (χ3v) is 4.28. The summed E-state index contributed by atoms with van der Waals surface area (Å²) in [6.07, 6.45) is 1.31. The van der Waals surface area contributed by atoms with Crippen molar-refractivity contribution < 1.29 is 9.21 Å². The van der Waals surface area contributed by atoms with Gasteiger partial charge in [0.25, 0.3) is 5.91 Å². The predicted octanol–water partition coefficient (Wildman–Crippen LogP) is 4.97. The second-order valence-electron chi connectivity index (χ2n) is 5.56. The molecule has 2 aromatic carbocycles. The number of aromatic nitrogens is 1. The van der Waals surface area contributed by atoms with Gasteiger partial charge in [0.05, 0.1) is 10.0 Å². The van der Waals surface area contributed by atoms with E-state index >= 15 is 0 Å². The van der Waals surface area contributed by atoms with Gasteiger partial charge in [0, 0.05) is 31.0 Å². The molecule has 0 saturated carbocycles. The molecular formula is C18H15Cl2N3O2. The Morgan fingerprint density at radius 1 is 1.08 bits per heavy atom. The summed E-state index contributed by atoms with van der Waals surface area (Å²) in [5.74, 6) is -0.0562. The van der Waals surface area contributed by atoms with E-state index in [0.717, 1.165) is 5.69 Å². The Labute approximate surface area is 155 Å². The Kier molecular flexibility index (Phi) is 4.97. The van der Waals surface area contributed by atoms with Crippen LogP contribution >= 0.6 is 23.2 Å². The van der Waals surface area contributed by atoms with Crippen LogP contribution in [0.2, 0.25) is 10.0 Å². The van der Waals surface area contributed by atoms with E-state index in [1.54, 1.807) is 18.2 Å². The fourth-order valence-corrected chi connectivity index (χ4v) is 2.48. The van der Waals surface area contributed by atoms with E-state index < -0.39 is 0 Å². The first-order valence-corrected chi connectivity index (χ1v) is 8.19. The summed E-state index contributed by atoms with van der Waals surface area (Å²) in [5.41, 5.74) is 2.54. The van der Waals surface area contributed by atoms with E-state index in [0.29, 0.717) is 27.2 Å². The summed E-state index contributed by atoms with van der Waals surface area (Å²) in [6.45, 7) is 0. The largest absolute Gasteiger partial charge is 0.444 e. The van der Waals surface area contributed by atoms with Gasteiger partial charge in [0.2, 0.25) is 5.89 Å². The second-order valence-corrected chi connectivity index (χ2v) is 6.38. The van der Waals surface area contributed by atoms with E-state index in [4.69, 9.17) is 27.6 Å². The molecule has 0 fully saturated rings. The number of benzene rings is 2. The highest BCUT2D eigenvalue weighted by atomic mass is 35.5. The zero-order valence-corrected chi connectivity index (χ0v) is 15.1. The van der Waals surface area contributed by atoms with Crippen molar-refractivity contribution in [3.05, 3.63) is 64.5 Å². The van der Waals surface area contributed by atoms with Gasteiger partial charge in [0.15, 0.2) is 5.69 Å². The molecule has 5 nitrogen and oxygen atoms in total. The molecule has 0 spiro atoms. The zero-order chi connectivity index (χ0) is 18.0. The lowest BCUT2D eigenvalue weighted by molar-refractivity contribution is 0.102. The van der Waals surface area contributed by atoms with Crippen LogP contribution in [0.5, 0.6) is 0 Å². The van der Waals surface area contributed by atoms with Crippen LogP contribution in [0.15, 0.2) is 53.1 Å². The van der Waals surface area contributed by atoms with Crippen LogP contribution in [0.3, 0.4) is 0 Å². The molecule has 0 unspecified atom stereocenters. The molecule has 0 radical (unpaired) electrons. The van der Waals surface area contributed by atoms with Crippen molar-refractivity contribution in [1.82, 2.24) is 4.98 Å². The summed E-state index contributed by atoms with van der Waals surface area (Å²) in [5, 5.41) is 3.62. The van der Waals surface area contributed by atoms with E-state index in [-0.39, 0.29) is 11.6 Å². The number of oxazole rings is 1. The van der Waals surface area contributed by atoms with Gasteiger partial charge in [-0.3, -0.25) is 4.79 Å². The number of anilines is 2. The van der Waals surface area contributed by atoms with Crippen LogP contribution in [-0.2, 0) is 0 Å². The van der Waals surface area contributed by atoms with Gasteiger partial charge in [-0.25, -0.2) is 4.98 Å². The quantitative estimate of drug-likeness (QED) is 0.699. The minimum Gasteiger partial charge on any atom is -0.444 e. The molecule has 25 heavy (non-hydrogen) atoms. The molecule has 0 aliphatic heterocycles. The maximum Gasteiger partial charge on any atom is 0.277 e. The van der Waals surface area contributed by atoms with Crippen molar-refractivity contribution in [2.45, 2.75) is 0 Å². The Morgan fingerprint density at radius 3 is 2.44 bits per heavy atom. The number of nitrogens with one attached hydrogen (secondary N) is 1. The summed E-state index contributed by atoms with van der Waals surface area (Å²) in [7, 11) is 3.90. The molecule has 1 amide bonds. The lowest BCUT2D eigenvalue weighted by Gasteiger charge is -2.12. The number of carbonyl (C=O) groups excluding carboxylic acids is 1. The summed E-state index contributed by atoms with van der Waals surface area (Å²) in [6, 6.07) is 12.5. The lowest BCUT2D eigenvalue weighted by Crippen LogP contribution is -2.13. The standard InChI is InChI=1S/C18H15Cl2N3O2/c1-23(2)13-6-4-12(5-7-13)21-17(24)16-10-25-18(22-16)11-3-8-14(19)15(20)9-11/h3-10H,1-2H3,(H,21,24). The topological polar surface area (TPSA) is 58.4 Å². The Bertz CT molecular complexity index is 905. The number of nitrogens with zero attached hydrogens (tertiary/aromatic N) is 2. The number of amides is 1. The maximum atomic E-state index is 12.3. The van der Waals surface area contributed by atoms with Crippen LogP contribution in [0.25, 0.3) is 11.5 Å². The smallest absolute Gasteiger partial charge is 0.277 e. The number of halogens is 2. The predicted molar refractivity (Wildman–Crippen MR) is 101 cm³/mol. The zero-order valence-electron chi connectivity index (χ0n) is 13.6. The van der Waals surface area contributed by atoms with Crippen molar-refractivity contribution >= 4 is 40.5 Å². The first kappa shape index (κ1) is 17.3. The molecule has 1 heterocycles. The molecule has 0 aliphatic carbocycles. The van der Waals surface area contributed by atoms with Gasteiger partial charge in [0.1, 0.15) is 6.26 Å². The van der Waals surface area contributed by atoms with E-state index in [2.05, 4.69) is 10.3 Å². The monoisotopic (exact) mass is 375 g/mol. The Balaban J connectivity index is 1.75. The first-order chi connectivity index (χ1) is 11.9. The van der Waals surface area contributed by atoms with Gasteiger partial charge in [-0.1, -0.05) is 23.2 Å². The number of hydrogen-bond donors (Lipinski definition) is 1. The highest BCUT2D eigenvalue weighted by Gasteiger charge is 2.14. The van der Waals surface area contributed by atoms with Crippen LogP contribution < -0.4 is 10.2 Å². The highest BCUT2D eigenvalue weighted by molar-refractivity contribution is 6.42. The SMILES string of the molecule is CN(C)c1ccc(NC(=O)c2coc(-c3ccc(Cl)c(Cl)c3)n2)cc1. The summed E-state index contributed by atoms with van der Waals surface area (Å²) in [4.78, 5) is 18.5. The molecule has 0 bridgehead atoms. The molecular weight excluding hydrogens is 361 g/mol. The van der Waals surface area contributed by atoms with Crippen molar-refractivity contribution in [3.63, 3.8) is 0 Å². The average Bonchev–Trinajstić information content (AvgIpc) is 3.08. The van der Waals surface area contributed by atoms with Crippen molar-refractivity contribution in [1.29, 1.82) is 0 Å². The van der Waals surface area contributed by atoms with Gasteiger partial charge in [-0.15, -0.1) is 0 Å². The van der Waals surface area contributed by atoms with E-state index in [1.165, 1.54) is 6.26 Å². The van der Waals surface area contributed by atoms with Crippen LogP contribution in [0, 0.1) is 0 Å². The molecule has 1 aromatic heterocycles. The lowest BCUT2D eigenvalue weighted by atomic mass is 10.2. The van der Waals surface area contributed by atoms with Crippen molar-refractivity contribution in [2.24, 2.45) is 0 Å². The fraction of sp³-hybridized carbons (Fsp3) is 0.111. The van der Waals surface area contributed by atoms with Gasteiger partial charge >= 0.3 is 0 Å². The maximum absolute atomic E-state index is 12.3. The number of hydrogen-bond acceptors (Lipinski definition) is 4. The first-order valence-electron chi connectivity index (χ1n) is 7.44. The molecule has 3 aromatic rings. The molecule has 3 rings (SSSR count). The third-order valence-electron chi connectivity index (χ3n) is 3.54. The molecule has 128 valence electrons. The minimum absolute atomic E-state index is 0.178. The number of rotatable bonds is 4. The van der Waals surface area contributed by atoms with E-state index in [1.807, 2.05) is 43.3 Å². The third kappa shape index (κ3) is 3.95. The minimum atomic E-state index is -0.354. The highest BCUT2D eigenvalue weighted by Crippen LogP contribution is 2.28.